The van der Waals surface area contributed by atoms with Gasteiger partial charge in [0.05, 0.1) is 85.6 Å². The first-order valence-corrected chi connectivity index (χ1v) is 25.2. The normalized spacial score (nSPS) is 47.2. The number of allylic oxidation sites excluding steroid dienone is 14. The maximum absolute atomic E-state index is 13.6. The van der Waals surface area contributed by atoms with E-state index in [9.17, 15) is 60.7 Å². The molecule has 2 aliphatic carbocycles. The number of carboxylic acids is 1. The fourth-order valence-corrected chi connectivity index (χ4v) is 10.8. The third kappa shape index (κ3) is 17.0. The van der Waals surface area contributed by atoms with Crippen molar-refractivity contribution in [1.29, 1.82) is 0 Å². The molecule has 16 nitrogen and oxygen atoms in total. The highest BCUT2D eigenvalue weighted by Gasteiger charge is 2.60. The van der Waals surface area contributed by atoms with Gasteiger partial charge in [-0.1, -0.05) is 118 Å². The van der Waals surface area contributed by atoms with Gasteiger partial charge < -0.3 is 70.0 Å². The molecular formula is C54H80O16. The number of carbonyl (C=O) groups is 2. The van der Waals surface area contributed by atoms with E-state index in [-0.39, 0.29) is 81.6 Å². The van der Waals surface area contributed by atoms with Crippen LogP contribution in [-0.2, 0) is 28.5 Å². The Bertz CT molecular complexity index is 1870. The molecule has 4 fully saturated rings. The number of rotatable bonds is 3. The number of hydrogen-bond acceptors (Lipinski definition) is 15. The Labute approximate surface area is 412 Å². The summed E-state index contributed by atoms with van der Waals surface area (Å²) >= 11 is 0. The van der Waals surface area contributed by atoms with E-state index in [0.717, 1.165) is 0 Å². The van der Waals surface area contributed by atoms with E-state index >= 15 is 0 Å². The van der Waals surface area contributed by atoms with Gasteiger partial charge in [0.15, 0.2) is 6.29 Å². The summed E-state index contributed by atoms with van der Waals surface area (Å²) in [5, 5.41) is 112. The van der Waals surface area contributed by atoms with Crippen LogP contribution in [0.5, 0.6) is 0 Å². The lowest BCUT2D eigenvalue weighted by molar-refractivity contribution is -0.258. The molecule has 16 heteroatoms. The summed E-state index contributed by atoms with van der Waals surface area (Å²) in [6.07, 6.45) is 9.76. The molecule has 0 radical (unpaired) electrons. The van der Waals surface area contributed by atoms with Gasteiger partial charge in [-0.2, -0.15) is 0 Å². The summed E-state index contributed by atoms with van der Waals surface area (Å²) < 4.78 is 25.2. The Balaban J connectivity index is 1.56. The zero-order valence-electron chi connectivity index (χ0n) is 40.9. The van der Waals surface area contributed by atoms with Crippen LogP contribution >= 0.6 is 0 Å². The Morgan fingerprint density at radius 2 is 1.10 bits per heavy atom. The van der Waals surface area contributed by atoms with Crippen molar-refractivity contribution in [3.8, 4) is 0 Å². The number of esters is 1. The molecule has 3 heterocycles. The summed E-state index contributed by atoms with van der Waals surface area (Å²) in [5.74, 6) is -5.53. The summed E-state index contributed by atoms with van der Waals surface area (Å²) in [7, 11) is 0. The third-order valence-electron chi connectivity index (χ3n) is 14.8. The maximum atomic E-state index is 13.6. The van der Waals surface area contributed by atoms with Gasteiger partial charge in [0, 0.05) is 37.0 Å². The zero-order chi connectivity index (χ0) is 51.1. The van der Waals surface area contributed by atoms with Crippen LogP contribution in [0.25, 0.3) is 0 Å². The van der Waals surface area contributed by atoms with E-state index in [4.69, 9.17) is 18.9 Å². The molecule has 0 amide bonds. The van der Waals surface area contributed by atoms with Gasteiger partial charge in [-0.25, -0.2) is 0 Å². The number of aliphatic hydroxyl groups is 9. The fraction of sp³-hybridized carbons (Fsp3) is 0.667. The lowest BCUT2D eigenvalue weighted by Gasteiger charge is -2.45. The van der Waals surface area contributed by atoms with Crippen molar-refractivity contribution in [2.24, 2.45) is 41.4 Å². The minimum Gasteiger partial charge on any atom is -0.481 e. The molecule has 0 aromatic heterocycles. The van der Waals surface area contributed by atoms with Crippen LogP contribution < -0.4 is 0 Å². The van der Waals surface area contributed by atoms with Crippen LogP contribution in [0.2, 0.25) is 0 Å². The van der Waals surface area contributed by atoms with Crippen molar-refractivity contribution >= 4 is 11.9 Å². The predicted octanol–water partition coefficient (Wildman–Crippen LogP) is 3.89. The molecule has 5 rings (SSSR count). The summed E-state index contributed by atoms with van der Waals surface area (Å²) in [5.41, 5.74) is 0. The summed E-state index contributed by atoms with van der Waals surface area (Å²) in [4.78, 5) is 27.2. The predicted molar refractivity (Wildman–Crippen MR) is 260 cm³/mol. The fourth-order valence-electron chi connectivity index (χ4n) is 10.8. The van der Waals surface area contributed by atoms with Gasteiger partial charge >= 0.3 is 11.9 Å². The van der Waals surface area contributed by atoms with Crippen LogP contribution in [-0.4, -0.2) is 155 Å². The first kappa shape index (κ1) is 57.3. The molecule has 3 aliphatic heterocycles. The summed E-state index contributed by atoms with van der Waals surface area (Å²) in [6, 6.07) is 0. The van der Waals surface area contributed by atoms with Crippen LogP contribution in [0, 0.1) is 41.4 Å². The topological polar surface area (TPSA) is 273 Å². The SMILES string of the molecule is CC1C2[C@H]1[C@H](O)C(O[C@H]1/C=C/C=C/C=C/C=C/C=C/C=C/C=C/C=C/[C@H](C)[C@@H](O)[C@@H](C)[C@@H]3CC[C@@H]4[C@@H](C(=O)O)[C@H](C1)OC(C[C@@H](O)C[C@@H](O)C[C@@H](O)[C@H](O)CC[C@@H](O)C[C@@H](O)CC(=O)O3)[C@H]4O)O[C@@H]2C. The van der Waals surface area contributed by atoms with Crippen molar-refractivity contribution in [1.82, 2.24) is 0 Å². The van der Waals surface area contributed by atoms with E-state index < -0.39 is 128 Å². The largest absolute Gasteiger partial charge is 0.481 e. The highest BCUT2D eigenvalue weighted by atomic mass is 16.7. The number of fused-ring (bicyclic) bond motifs is 5. The number of hydrogen-bond donors (Lipinski definition) is 10. The van der Waals surface area contributed by atoms with E-state index in [0.29, 0.717) is 0 Å². The van der Waals surface area contributed by atoms with E-state index in [1.54, 1.807) is 56.4 Å². The highest BCUT2D eigenvalue weighted by molar-refractivity contribution is 5.71. The molecule has 0 aromatic rings. The van der Waals surface area contributed by atoms with Crippen molar-refractivity contribution in [2.45, 2.75) is 184 Å². The number of carbonyl (C=O) groups excluding carboxylic acids is 1. The van der Waals surface area contributed by atoms with Gasteiger partial charge in [0.25, 0.3) is 0 Å². The lowest BCUT2D eigenvalue weighted by Crippen LogP contribution is -2.55. The van der Waals surface area contributed by atoms with Crippen molar-refractivity contribution < 1.29 is 79.6 Å². The van der Waals surface area contributed by atoms with E-state index in [1.165, 1.54) is 0 Å². The first-order valence-electron chi connectivity index (χ1n) is 25.2. The second-order valence-corrected chi connectivity index (χ2v) is 20.2. The Morgan fingerprint density at radius 3 is 1.71 bits per heavy atom. The second-order valence-electron chi connectivity index (χ2n) is 20.2. The molecule has 392 valence electrons. The molecule has 4 unspecified atom stereocenters. The number of carboxylic acid groups (broad SMARTS) is 1. The average molecular weight is 985 g/mol. The molecule has 10 N–H and O–H groups in total. The molecule has 3 saturated heterocycles. The quantitative estimate of drug-likeness (QED) is 0.180. The minimum absolute atomic E-state index is 0.0433. The number of ether oxygens (including phenoxy) is 4. The smallest absolute Gasteiger partial charge is 0.309 e. The molecule has 4 bridgehead atoms. The second kappa shape index (κ2) is 28.0. The van der Waals surface area contributed by atoms with Crippen molar-refractivity contribution in [2.75, 3.05) is 0 Å². The number of aliphatic hydroxyl groups excluding tert-OH is 9. The number of aliphatic carboxylic acids is 1. The van der Waals surface area contributed by atoms with Crippen LogP contribution in [0.3, 0.4) is 0 Å². The van der Waals surface area contributed by atoms with Gasteiger partial charge in [-0.05, 0) is 63.2 Å². The van der Waals surface area contributed by atoms with Crippen molar-refractivity contribution in [3.05, 3.63) is 97.2 Å². The highest BCUT2D eigenvalue weighted by Crippen LogP contribution is 2.55. The van der Waals surface area contributed by atoms with E-state index in [2.05, 4.69) is 0 Å². The molecule has 5 aliphatic rings. The molecule has 70 heavy (non-hydrogen) atoms. The molecule has 22 atom stereocenters. The Morgan fingerprint density at radius 1 is 0.529 bits per heavy atom. The monoisotopic (exact) mass is 985 g/mol. The molecular weight excluding hydrogens is 905 g/mol. The molecule has 1 saturated carbocycles. The standard InChI is InChI=1S/C54H80O16/c1-31-19-17-15-13-11-9-7-5-6-8-10-12-14-16-18-20-39(68-54-52(64)48-33(3)47(48)34(4)67-54)30-44-49(53(65)66)40-22-24-43(32(2)50(31)62)70-46(61)29-38(58)25-35(55)21-23-41(59)42(60)27-36(56)26-37(57)28-45(69-44)51(40)63/h5-20,31-45,47-52,54-60,62-64H,21-30H2,1-4H3,(H,65,66)/b7-5+,8-6+,11-9+,12-10+,15-13+,16-14+,19-17+,20-18+/t31-,32-,33?,34+,35+,36+,37-,38+,39-,40+,41+,42+,43-,44-,45?,47?,48-,49+,50+,51-,52-,54?/m0/s1. The average Bonchev–Trinajstić information content (AvgIpc) is 3.99. The maximum Gasteiger partial charge on any atom is 0.309 e. The minimum atomic E-state index is -1.52. The van der Waals surface area contributed by atoms with Gasteiger partial charge in [-0.15, -0.1) is 0 Å². The van der Waals surface area contributed by atoms with Crippen LogP contribution in [0.1, 0.15) is 91.9 Å². The van der Waals surface area contributed by atoms with Gasteiger partial charge in [0.1, 0.15) is 12.2 Å². The lowest BCUT2D eigenvalue weighted by atomic mass is 9.73. The molecule has 0 aromatic carbocycles. The summed E-state index contributed by atoms with van der Waals surface area (Å²) in [6.45, 7) is 7.46. The van der Waals surface area contributed by atoms with Crippen LogP contribution in [0.15, 0.2) is 97.2 Å². The Kier molecular flexibility index (Phi) is 22.9. The third-order valence-corrected chi connectivity index (χ3v) is 14.8. The van der Waals surface area contributed by atoms with Crippen LogP contribution in [0.4, 0.5) is 0 Å². The van der Waals surface area contributed by atoms with Crippen molar-refractivity contribution in [3.63, 3.8) is 0 Å². The van der Waals surface area contributed by atoms with E-state index in [1.807, 2.05) is 68.5 Å². The zero-order valence-corrected chi connectivity index (χ0v) is 40.9. The molecule has 0 spiro atoms. The van der Waals surface area contributed by atoms with Gasteiger partial charge in [-0.3, -0.25) is 9.59 Å². The Hall–Kier alpha value is -3.62. The van der Waals surface area contributed by atoms with Gasteiger partial charge in [0.2, 0.25) is 0 Å². The first-order chi connectivity index (χ1) is 33.4.